The lowest BCUT2D eigenvalue weighted by molar-refractivity contribution is -0.124. The maximum atomic E-state index is 13.9. The van der Waals surface area contributed by atoms with E-state index in [1.54, 1.807) is 22.0 Å². The van der Waals surface area contributed by atoms with E-state index in [0.717, 1.165) is 42.2 Å². The predicted molar refractivity (Wildman–Crippen MR) is 146 cm³/mol. The molecule has 6 rings (SSSR count). The molecule has 2 fully saturated rings. The van der Waals surface area contributed by atoms with Gasteiger partial charge in [0.05, 0.1) is 12.0 Å². The first kappa shape index (κ1) is 25.3. The molecule has 4 heterocycles. The average molecular weight is 529 g/mol. The first-order valence-electron chi connectivity index (χ1n) is 13.7. The summed E-state index contributed by atoms with van der Waals surface area (Å²) >= 11 is 0. The second-order valence-corrected chi connectivity index (χ2v) is 10.7. The third-order valence-electron chi connectivity index (χ3n) is 8.08. The summed E-state index contributed by atoms with van der Waals surface area (Å²) in [5.74, 6) is -0.402. The van der Waals surface area contributed by atoms with Gasteiger partial charge in [-0.05, 0) is 74.3 Å². The number of carboxylic acid groups (broad SMARTS) is 1. The van der Waals surface area contributed by atoms with Crippen LogP contribution in [0.15, 0.2) is 59.5 Å². The van der Waals surface area contributed by atoms with Gasteiger partial charge < -0.3 is 14.3 Å². The molecule has 4 aromatic rings. The lowest BCUT2D eigenvalue weighted by Gasteiger charge is -2.37. The molecule has 1 saturated carbocycles. The monoisotopic (exact) mass is 528 g/mol. The van der Waals surface area contributed by atoms with Crippen LogP contribution in [-0.4, -0.2) is 51.0 Å². The molecule has 202 valence electrons. The number of hydrogen-bond donors (Lipinski definition) is 1. The lowest BCUT2D eigenvalue weighted by atomic mass is 9.82. The number of furan rings is 1. The summed E-state index contributed by atoms with van der Waals surface area (Å²) in [7, 11) is 0. The Morgan fingerprint density at radius 3 is 2.46 bits per heavy atom. The van der Waals surface area contributed by atoms with E-state index in [1.807, 2.05) is 36.4 Å². The summed E-state index contributed by atoms with van der Waals surface area (Å²) in [5, 5.41) is 15.8. The molecule has 2 aliphatic rings. The van der Waals surface area contributed by atoms with Crippen molar-refractivity contribution in [2.24, 2.45) is 11.8 Å². The van der Waals surface area contributed by atoms with Crippen LogP contribution in [0.4, 0.5) is 5.82 Å². The molecular weight excluding hydrogens is 496 g/mol. The Balaban J connectivity index is 1.33. The van der Waals surface area contributed by atoms with Gasteiger partial charge in [0.25, 0.3) is 0 Å². The highest BCUT2D eigenvalue weighted by Gasteiger charge is 2.37. The number of ether oxygens (including phenoxy) is 1. The molecule has 3 aromatic heterocycles. The van der Waals surface area contributed by atoms with E-state index in [4.69, 9.17) is 14.3 Å². The van der Waals surface area contributed by atoms with Crippen molar-refractivity contribution in [2.45, 2.75) is 51.5 Å². The molecule has 0 atom stereocenters. The number of hydrogen-bond acceptors (Lipinski definition) is 6. The summed E-state index contributed by atoms with van der Waals surface area (Å²) in [6.45, 7) is 3.30. The van der Waals surface area contributed by atoms with Crippen molar-refractivity contribution in [2.75, 3.05) is 18.1 Å². The van der Waals surface area contributed by atoms with E-state index in [1.165, 1.54) is 6.20 Å². The molecule has 1 aliphatic carbocycles. The van der Waals surface area contributed by atoms with Gasteiger partial charge in [0, 0.05) is 48.5 Å². The van der Waals surface area contributed by atoms with E-state index >= 15 is 0 Å². The van der Waals surface area contributed by atoms with Crippen molar-refractivity contribution in [1.82, 2.24) is 14.8 Å². The number of benzene rings is 1. The SMILES string of the molecule is CC1CCC(C(=O)N(c2nn(-c3ccc(-c4cnc5occc5c4)cc3)cc2C(=O)O)C2CCOCC2)CC1. The summed E-state index contributed by atoms with van der Waals surface area (Å²) in [6.07, 6.45) is 9.86. The largest absolute Gasteiger partial charge is 0.477 e. The molecule has 1 N–H and O–H groups in total. The number of aromatic carboxylic acids is 1. The molecular formula is C30H32N4O5. The Labute approximate surface area is 226 Å². The Morgan fingerprint density at radius 1 is 1.00 bits per heavy atom. The highest BCUT2D eigenvalue weighted by Crippen LogP contribution is 2.34. The molecule has 9 heteroatoms. The van der Waals surface area contributed by atoms with Gasteiger partial charge in [-0.2, -0.15) is 0 Å². The van der Waals surface area contributed by atoms with Crippen LogP contribution in [0.25, 0.3) is 27.9 Å². The third kappa shape index (κ3) is 5.06. The van der Waals surface area contributed by atoms with E-state index in [0.29, 0.717) is 43.4 Å². The standard InChI is InChI=1S/C30H32N4O5/c1-19-2-4-21(5-3-19)29(35)34(25-11-13-38-14-12-25)27-26(30(36)37)18-33(32-27)24-8-6-20(7-9-24)23-16-22-10-15-39-28(22)31-17-23/h6-10,15-19,21,25H,2-5,11-14H2,1H3,(H,36,37). The number of pyridine rings is 1. The van der Waals surface area contributed by atoms with Crippen LogP contribution in [-0.2, 0) is 9.53 Å². The summed E-state index contributed by atoms with van der Waals surface area (Å²) in [6, 6.07) is 11.4. The van der Waals surface area contributed by atoms with Gasteiger partial charge in [-0.15, -0.1) is 5.10 Å². The van der Waals surface area contributed by atoms with E-state index in [9.17, 15) is 14.7 Å². The number of anilines is 1. The fourth-order valence-electron chi connectivity index (χ4n) is 5.75. The zero-order chi connectivity index (χ0) is 26.9. The minimum Gasteiger partial charge on any atom is -0.477 e. The van der Waals surface area contributed by atoms with Crippen LogP contribution < -0.4 is 4.90 Å². The van der Waals surface area contributed by atoms with E-state index in [2.05, 4.69) is 11.9 Å². The summed E-state index contributed by atoms with van der Waals surface area (Å²) < 4.78 is 12.4. The lowest BCUT2D eigenvalue weighted by Crippen LogP contribution is -2.47. The number of fused-ring (bicyclic) bond motifs is 1. The molecule has 0 bridgehead atoms. The van der Waals surface area contributed by atoms with Gasteiger partial charge in [0.2, 0.25) is 11.6 Å². The van der Waals surface area contributed by atoms with E-state index in [-0.39, 0.29) is 29.2 Å². The number of carbonyl (C=O) groups excluding carboxylic acids is 1. The Kier molecular flexibility index (Phi) is 6.91. The molecule has 9 nitrogen and oxygen atoms in total. The minimum atomic E-state index is -1.10. The van der Waals surface area contributed by atoms with Crippen molar-refractivity contribution >= 4 is 28.8 Å². The van der Waals surface area contributed by atoms with Crippen molar-refractivity contribution in [1.29, 1.82) is 0 Å². The summed E-state index contributed by atoms with van der Waals surface area (Å²) in [4.78, 5) is 32.4. The average Bonchev–Trinajstić information content (AvgIpc) is 3.62. The highest BCUT2D eigenvalue weighted by atomic mass is 16.5. The zero-order valence-corrected chi connectivity index (χ0v) is 22.0. The smallest absolute Gasteiger partial charge is 0.341 e. The third-order valence-corrected chi connectivity index (χ3v) is 8.08. The quantitative estimate of drug-likeness (QED) is 0.341. The van der Waals surface area contributed by atoms with Crippen LogP contribution in [0.3, 0.4) is 0 Å². The van der Waals surface area contributed by atoms with Crippen molar-refractivity contribution in [3.63, 3.8) is 0 Å². The van der Waals surface area contributed by atoms with Crippen LogP contribution in [0.5, 0.6) is 0 Å². The summed E-state index contributed by atoms with van der Waals surface area (Å²) in [5.41, 5.74) is 3.23. The Bertz CT molecular complexity index is 1480. The first-order chi connectivity index (χ1) is 19.0. The predicted octanol–water partition coefficient (Wildman–Crippen LogP) is 5.72. The van der Waals surface area contributed by atoms with Gasteiger partial charge in [-0.3, -0.25) is 9.69 Å². The molecule has 0 spiro atoms. The number of carbonyl (C=O) groups is 2. The normalized spacial score (nSPS) is 20.2. The van der Waals surface area contributed by atoms with Gasteiger partial charge in [0.15, 0.2) is 5.82 Å². The van der Waals surface area contributed by atoms with Gasteiger partial charge in [-0.25, -0.2) is 14.5 Å². The number of rotatable bonds is 6. The first-order valence-corrected chi connectivity index (χ1v) is 13.7. The topological polar surface area (TPSA) is 111 Å². The number of carboxylic acids is 1. The molecule has 1 aromatic carbocycles. The molecule has 0 unspecified atom stereocenters. The van der Waals surface area contributed by atoms with Crippen molar-refractivity contribution in [3.8, 4) is 16.8 Å². The zero-order valence-electron chi connectivity index (χ0n) is 22.0. The highest BCUT2D eigenvalue weighted by molar-refractivity contribution is 6.02. The van der Waals surface area contributed by atoms with Crippen LogP contribution in [0.1, 0.15) is 55.8 Å². The second kappa shape index (κ2) is 10.6. The minimum absolute atomic E-state index is 0.0148. The van der Waals surface area contributed by atoms with Crippen LogP contribution in [0.2, 0.25) is 0 Å². The fourth-order valence-corrected chi connectivity index (χ4v) is 5.75. The molecule has 1 aliphatic heterocycles. The molecule has 39 heavy (non-hydrogen) atoms. The van der Waals surface area contributed by atoms with Crippen LogP contribution in [0, 0.1) is 11.8 Å². The maximum absolute atomic E-state index is 13.9. The maximum Gasteiger partial charge on any atom is 0.341 e. The number of aromatic nitrogens is 3. The van der Waals surface area contributed by atoms with Crippen molar-refractivity contribution in [3.05, 3.63) is 60.6 Å². The second-order valence-electron chi connectivity index (χ2n) is 10.7. The number of amides is 1. The Hall–Kier alpha value is -3.98. The fraction of sp³-hybridized carbons (Fsp3) is 0.400. The van der Waals surface area contributed by atoms with Crippen LogP contribution >= 0.6 is 0 Å². The van der Waals surface area contributed by atoms with Crippen molar-refractivity contribution < 1.29 is 23.8 Å². The van der Waals surface area contributed by atoms with Gasteiger partial charge >= 0.3 is 5.97 Å². The molecule has 0 radical (unpaired) electrons. The number of nitrogens with zero attached hydrogens (tertiary/aromatic N) is 4. The molecule has 1 saturated heterocycles. The van der Waals surface area contributed by atoms with Gasteiger partial charge in [0.1, 0.15) is 5.56 Å². The van der Waals surface area contributed by atoms with Gasteiger partial charge in [-0.1, -0.05) is 19.1 Å². The van der Waals surface area contributed by atoms with E-state index < -0.39 is 5.97 Å². The Morgan fingerprint density at radius 2 is 1.74 bits per heavy atom. The molecule has 1 amide bonds.